The van der Waals surface area contributed by atoms with Gasteiger partial charge in [0.15, 0.2) is 0 Å². The van der Waals surface area contributed by atoms with Crippen LogP contribution in [0, 0.1) is 5.92 Å². The Morgan fingerprint density at radius 1 is 1.33 bits per heavy atom. The number of pyridine rings is 1. The van der Waals surface area contributed by atoms with Crippen molar-refractivity contribution < 1.29 is 4.79 Å². The fraction of sp³-hybridized carbons (Fsp3) is 0.625. The third-order valence-corrected chi connectivity index (χ3v) is 4.69. The van der Waals surface area contributed by atoms with Crippen molar-refractivity contribution in [2.24, 2.45) is 5.92 Å². The number of nitrogens with zero attached hydrogens (tertiary/aromatic N) is 2. The highest BCUT2D eigenvalue weighted by atomic mass is 16.2. The minimum absolute atomic E-state index is 0.0505. The van der Waals surface area contributed by atoms with E-state index in [0.717, 1.165) is 12.1 Å². The Balaban J connectivity index is 1.59. The van der Waals surface area contributed by atoms with Crippen LogP contribution in [0.4, 0.5) is 11.5 Å². The molecule has 1 aliphatic carbocycles. The molecule has 2 N–H and O–H groups in total. The monoisotopic (exact) mass is 288 g/mol. The molecule has 1 saturated heterocycles. The molecule has 1 aromatic rings. The van der Waals surface area contributed by atoms with Gasteiger partial charge >= 0.3 is 0 Å². The molecule has 5 heteroatoms. The van der Waals surface area contributed by atoms with Crippen LogP contribution in [0.1, 0.15) is 32.1 Å². The van der Waals surface area contributed by atoms with E-state index in [1.165, 1.54) is 25.7 Å². The molecule has 3 rings (SSSR count). The van der Waals surface area contributed by atoms with Gasteiger partial charge in [-0.2, -0.15) is 0 Å². The topological polar surface area (TPSA) is 57.3 Å². The van der Waals surface area contributed by atoms with E-state index >= 15 is 0 Å². The molecule has 0 bridgehead atoms. The molecule has 3 atom stereocenters. The predicted molar refractivity (Wildman–Crippen MR) is 84.5 cm³/mol. The average Bonchev–Trinajstić information content (AvgIpc) is 2.92. The molecule has 0 aromatic carbocycles. The van der Waals surface area contributed by atoms with E-state index in [9.17, 15) is 4.79 Å². The third kappa shape index (κ3) is 3.18. The van der Waals surface area contributed by atoms with Crippen LogP contribution in [0.25, 0.3) is 0 Å². The average molecular weight is 288 g/mol. The lowest BCUT2D eigenvalue weighted by atomic mass is 9.85. The van der Waals surface area contributed by atoms with Crippen molar-refractivity contribution in [3.8, 4) is 0 Å². The molecule has 114 valence electrons. The van der Waals surface area contributed by atoms with Gasteiger partial charge in [0.1, 0.15) is 5.82 Å². The SMILES string of the molecule is CN(C)c1ccc(NC(=O)C2CC3CCCCC3N2)nc1. The Hall–Kier alpha value is -1.62. The molecule has 3 unspecified atom stereocenters. The number of carbonyl (C=O) groups excluding carboxylic acids is 1. The van der Waals surface area contributed by atoms with Crippen molar-refractivity contribution in [2.75, 3.05) is 24.3 Å². The molecule has 0 radical (unpaired) electrons. The molecule has 0 spiro atoms. The number of anilines is 2. The molecule has 1 amide bonds. The summed E-state index contributed by atoms with van der Waals surface area (Å²) < 4.78 is 0. The molecule has 1 aliphatic heterocycles. The van der Waals surface area contributed by atoms with E-state index in [4.69, 9.17) is 0 Å². The van der Waals surface area contributed by atoms with E-state index in [-0.39, 0.29) is 11.9 Å². The summed E-state index contributed by atoms with van der Waals surface area (Å²) in [5.74, 6) is 1.36. The van der Waals surface area contributed by atoms with Gasteiger partial charge in [0.2, 0.25) is 5.91 Å². The van der Waals surface area contributed by atoms with Gasteiger partial charge in [-0.1, -0.05) is 12.8 Å². The third-order valence-electron chi connectivity index (χ3n) is 4.69. The van der Waals surface area contributed by atoms with Crippen molar-refractivity contribution in [3.63, 3.8) is 0 Å². The van der Waals surface area contributed by atoms with E-state index < -0.39 is 0 Å². The number of hydrogen-bond donors (Lipinski definition) is 2. The summed E-state index contributed by atoms with van der Waals surface area (Å²) in [7, 11) is 3.94. The van der Waals surface area contributed by atoms with Gasteiger partial charge in [0.25, 0.3) is 0 Å². The summed E-state index contributed by atoms with van der Waals surface area (Å²) in [5.41, 5.74) is 1.03. The fourth-order valence-electron chi connectivity index (χ4n) is 3.46. The number of nitrogens with one attached hydrogen (secondary N) is 2. The summed E-state index contributed by atoms with van der Waals surface area (Å²) in [6, 6.07) is 4.30. The maximum atomic E-state index is 12.4. The minimum Gasteiger partial charge on any atom is -0.376 e. The highest BCUT2D eigenvalue weighted by Gasteiger charge is 2.38. The normalized spacial score (nSPS) is 28.0. The van der Waals surface area contributed by atoms with E-state index in [1.807, 2.05) is 31.1 Å². The van der Waals surface area contributed by atoms with Crippen molar-refractivity contribution in [1.29, 1.82) is 0 Å². The van der Waals surface area contributed by atoms with Crippen molar-refractivity contribution in [3.05, 3.63) is 18.3 Å². The molecule has 21 heavy (non-hydrogen) atoms. The van der Waals surface area contributed by atoms with Crippen LogP contribution in [-0.2, 0) is 4.79 Å². The summed E-state index contributed by atoms with van der Waals surface area (Å²) in [4.78, 5) is 18.6. The first-order valence-electron chi connectivity index (χ1n) is 7.84. The fourth-order valence-corrected chi connectivity index (χ4v) is 3.46. The van der Waals surface area contributed by atoms with Crippen LogP contribution in [-0.4, -0.2) is 37.1 Å². The Labute approximate surface area is 126 Å². The second kappa shape index (κ2) is 6.02. The molecule has 5 nitrogen and oxygen atoms in total. The quantitative estimate of drug-likeness (QED) is 0.893. The van der Waals surface area contributed by atoms with Gasteiger partial charge in [-0.3, -0.25) is 4.79 Å². The van der Waals surface area contributed by atoms with Crippen molar-refractivity contribution in [2.45, 2.75) is 44.2 Å². The maximum absolute atomic E-state index is 12.4. The zero-order valence-electron chi connectivity index (χ0n) is 12.8. The zero-order chi connectivity index (χ0) is 14.8. The molecule has 2 heterocycles. The number of fused-ring (bicyclic) bond motifs is 1. The lowest BCUT2D eigenvalue weighted by Crippen LogP contribution is -2.40. The van der Waals surface area contributed by atoms with Crippen molar-refractivity contribution in [1.82, 2.24) is 10.3 Å². The van der Waals surface area contributed by atoms with Gasteiger partial charge < -0.3 is 15.5 Å². The van der Waals surface area contributed by atoms with Gasteiger partial charge in [-0.25, -0.2) is 4.98 Å². The zero-order valence-corrected chi connectivity index (χ0v) is 12.8. The molecular weight excluding hydrogens is 264 g/mol. The number of rotatable bonds is 3. The number of aromatic nitrogens is 1. The Morgan fingerprint density at radius 2 is 2.14 bits per heavy atom. The summed E-state index contributed by atoms with van der Waals surface area (Å²) >= 11 is 0. The molecule has 1 aromatic heterocycles. The van der Waals surface area contributed by atoms with Crippen LogP contribution < -0.4 is 15.5 Å². The van der Waals surface area contributed by atoms with Crippen molar-refractivity contribution >= 4 is 17.4 Å². The molecule has 2 fully saturated rings. The Kier molecular flexibility index (Phi) is 4.10. The molecular formula is C16H24N4O. The van der Waals surface area contributed by atoms with Crippen LogP contribution >= 0.6 is 0 Å². The second-order valence-corrected chi connectivity index (χ2v) is 6.39. The van der Waals surface area contributed by atoms with Crippen LogP contribution in [0.3, 0.4) is 0 Å². The summed E-state index contributed by atoms with van der Waals surface area (Å²) in [6.45, 7) is 0. The standard InChI is InChI=1S/C16H24N4O/c1-20(2)12-7-8-15(17-10-12)19-16(21)14-9-11-5-3-4-6-13(11)18-14/h7-8,10-11,13-14,18H,3-6,9H2,1-2H3,(H,17,19,21). The van der Waals surface area contributed by atoms with E-state index in [1.54, 1.807) is 6.20 Å². The van der Waals surface area contributed by atoms with Gasteiger partial charge in [0, 0.05) is 20.1 Å². The predicted octanol–water partition coefficient (Wildman–Crippen LogP) is 2.01. The van der Waals surface area contributed by atoms with E-state index in [2.05, 4.69) is 15.6 Å². The largest absolute Gasteiger partial charge is 0.376 e. The number of hydrogen-bond acceptors (Lipinski definition) is 4. The van der Waals surface area contributed by atoms with E-state index in [0.29, 0.717) is 17.8 Å². The first kappa shape index (κ1) is 14.3. The second-order valence-electron chi connectivity index (χ2n) is 6.39. The highest BCUT2D eigenvalue weighted by Crippen LogP contribution is 2.33. The first-order chi connectivity index (χ1) is 10.1. The smallest absolute Gasteiger partial charge is 0.242 e. The van der Waals surface area contributed by atoms with Gasteiger partial charge in [0.05, 0.1) is 17.9 Å². The lowest BCUT2D eigenvalue weighted by Gasteiger charge is -2.24. The number of carbonyl (C=O) groups is 1. The maximum Gasteiger partial charge on any atom is 0.242 e. The van der Waals surface area contributed by atoms with Crippen LogP contribution in [0.2, 0.25) is 0 Å². The van der Waals surface area contributed by atoms with Crippen LogP contribution in [0.5, 0.6) is 0 Å². The molecule has 2 aliphatic rings. The number of amides is 1. The van der Waals surface area contributed by atoms with Crippen LogP contribution in [0.15, 0.2) is 18.3 Å². The highest BCUT2D eigenvalue weighted by molar-refractivity contribution is 5.94. The van der Waals surface area contributed by atoms with Gasteiger partial charge in [-0.05, 0) is 37.3 Å². The summed E-state index contributed by atoms with van der Waals surface area (Å²) in [6.07, 6.45) is 7.81. The minimum atomic E-state index is -0.0616. The summed E-state index contributed by atoms with van der Waals surface area (Å²) in [5, 5.41) is 6.42. The Bertz CT molecular complexity index is 486. The lowest BCUT2D eigenvalue weighted by molar-refractivity contribution is -0.117. The van der Waals surface area contributed by atoms with Gasteiger partial charge in [-0.15, -0.1) is 0 Å². The molecule has 1 saturated carbocycles. The first-order valence-corrected chi connectivity index (χ1v) is 7.84. The Morgan fingerprint density at radius 3 is 2.81 bits per heavy atom.